The van der Waals surface area contributed by atoms with Gasteiger partial charge in [-0.3, -0.25) is 49.2 Å². The minimum absolute atomic E-state index is 0.0741. The van der Waals surface area contributed by atoms with Gasteiger partial charge < -0.3 is 50.2 Å². The summed E-state index contributed by atoms with van der Waals surface area (Å²) in [6, 6.07) is 6.04. The lowest BCUT2D eigenvalue weighted by atomic mass is 9.85. The van der Waals surface area contributed by atoms with Crippen LogP contribution in [0, 0.1) is 5.92 Å². The van der Waals surface area contributed by atoms with Crippen molar-refractivity contribution in [1.29, 1.82) is 0 Å². The maximum absolute atomic E-state index is 14.5. The van der Waals surface area contributed by atoms with Crippen molar-refractivity contribution in [3.8, 4) is 11.4 Å². The average molecular weight is 1050 g/mol. The van der Waals surface area contributed by atoms with Gasteiger partial charge in [0.1, 0.15) is 24.9 Å². The first-order chi connectivity index (χ1) is 35.7. The number of likely N-dealkylation sites (tertiary alicyclic amines) is 1. The number of benzene rings is 1. The van der Waals surface area contributed by atoms with Crippen LogP contribution < -0.4 is 38.5 Å². The van der Waals surface area contributed by atoms with E-state index in [0.717, 1.165) is 28.6 Å². The molecule has 3 aromatic rings. The fourth-order valence-electron chi connectivity index (χ4n) is 10.2. The molecule has 3 aliphatic heterocycles. The molecule has 75 heavy (non-hydrogen) atoms. The number of primary amides is 1. The third-order valence-corrected chi connectivity index (χ3v) is 14.5. The normalized spacial score (nSPS) is 18.1. The van der Waals surface area contributed by atoms with Gasteiger partial charge >= 0.3 is 11.9 Å². The van der Waals surface area contributed by atoms with E-state index in [9.17, 15) is 43.5 Å². The standard InChI is InChI=1S/C52H76N12O11/c1-8-32-33-14-10-11-15-37(33)57-46-34(32)28-64-40(46)26-36-35(48(64)70)30-74-51(73)52(36,9-2)75-50(72)45(31(3)4)58-47(69)39-16-13-20-63(39)49(71)38(27-41(53)65)56-44(68)29-62(7)25-24-61(6)23-22-60(5)21-19-55-42(66)17-12-18-43(67)59-54/h10-11,14-15,26,31,38-39,45,47,58,69H,8-9,12-13,16-25,27-30,54H2,1-7H3,(H2,53,65)(H,55,66)(H,56,68)(H,59,67)/t38-,39-,45-,47?,52-/m0/s1. The molecular weight excluding hydrogens is 969 g/mol. The van der Waals surface area contributed by atoms with Gasteiger partial charge in [0.2, 0.25) is 35.1 Å². The molecule has 3 aliphatic rings. The fourth-order valence-corrected chi connectivity index (χ4v) is 10.2. The first kappa shape index (κ1) is 57.9. The Morgan fingerprint density at radius 2 is 1.63 bits per heavy atom. The molecule has 1 saturated heterocycles. The summed E-state index contributed by atoms with van der Waals surface area (Å²) >= 11 is 0. The third kappa shape index (κ3) is 13.7. The highest BCUT2D eigenvalue weighted by Crippen LogP contribution is 2.42. The van der Waals surface area contributed by atoms with E-state index in [1.54, 1.807) is 43.4 Å². The Morgan fingerprint density at radius 3 is 2.29 bits per heavy atom. The molecule has 0 spiro atoms. The van der Waals surface area contributed by atoms with Gasteiger partial charge in [0, 0.05) is 75.2 Å². The Bertz CT molecular complexity index is 2660. The quantitative estimate of drug-likeness (QED) is 0.0131. The van der Waals surface area contributed by atoms with Crippen LogP contribution in [0.25, 0.3) is 22.3 Å². The largest absolute Gasteiger partial charge is 0.457 e. The van der Waals surface area contributed by atoms with Crippen molar-refractivity contribution in [2.45, 2.75) is 122 Å². The number of hydrogen-bond donors (Lipinski definition) is 7. The molecule has 1 fully saturated rings. The third-order valence-electron chi connectivity index (χ3n) is 14.5. The summed E-state index contributed by atoms with van der Waals surface area (Å²) in [5.74, 6) is 0.404. The summed E-state index contributed by atoms with van der Waals surface area (Å²) in [5.41, 5.74) is 9.49. The van der Waals surface area contributed by atoms with E-state index in [0.29, 0.717) is 69.8 Å². The number of nitrogens with zero attached hydrogens (tertiary/aromatic N) is 6. The molecular formula is C52H76N12O11. The van der Waals surface area contributed by atoms with Crippen molar-refractivity contribution in [3.63, 3.8) is 0 Å². The molecule has 6 rings (SSSR count). The van der Waals surface area contributed by atoms with Gasteiger partial charge in [-0.1, -0.05) is 45.9 Å². The van der Waals surface area contributed by atoms with Gasteiger partial charge in [0.15, 0.2) is 0 Å². The molecule has 1 unspecified atom stereocenters. The molecule has 0 saturated carbocycles. The molecule has 2 aromatic heterocycles. The van der Waals surface area contributed by atoms with E-state index >= 15 is 0 Å². The van der Waals surface area contributed by atoms with Crippen molar-refractivity contribution in [2.75, 3.05) is 73.5 Å². The van der Waals surface area contributed by atoms with E-state index in [2.05, 4.69) is 32.7 Å². The predicted octanol–water partition coefficient (Wildman–Crippen LogP) is -0.452. The molecule has 9 N–H and O–H groups in total. The Balaban J connectivity index is 1.05. The topological polar surface area (TPSA) is 306 Å². The maximum atomic E-state index is 14.5. The highest BCUT2D eigenvalue weighted by Gasteiger charge is 2.52. The zero-order chi connectivity index (χ0) is 54.7. The lowest BCUT2D eigenvalue weighted by Gasteiger charge is -2.38. The van der Waals surface area contributed by atoms with Crippen molar-refractivity contribution in [3.05, 3.63) is 62.9 Å². The van der Waals surface area contributed by atoms with E-state index < -0.39 is 72.0 Å². The number of pyridine rings is 2. The molecule has 5 atom stereocenters. The van der Waals surface area contributed by atoms with Gasteiger partial charge in [0.25, 0.3) is 5.56 Å². The second kappa shape index (κ2) is 25.9. The molecule has 23 nitrogen and oxygen atoms in total. The Labute approximate surface area is 437 Å². The van der Waals surface area contributed by atoms with E-state index in [-0.39, 0.29) is 74.0 Å². The van der Waals surface area contributed by atoms with Crippen LogP contribution in [0.2, 0.25) is 0 Å². The number of para-hydroxylation sites is 1. The minimum Gasteiger partial charge on any atom is -0.457 e. The van der Waals surface area contributed by atoms with Gasteiger partial charge in [0.05, 0.1) is 48.0 Å². The van der Waals surface area contributed by atoms with Crippen LogP contribution in [0.15, 0.2) is 35.1 Å². The number of aryl methyl sites for hydroxylation is 1. The van der Waals surface area contributed by atoms with Gasteiger partial charge in [-0.05, 0) is 76.9 Å². The van der Waals surface area contributed by atoms with Gasteiger partial charge in [-0.25, -0.2) is 15.6 Å². The zero-order valence-corrected chi connectivity index (χ0v) is 44.4. The van der Waals surface area contributed by atoms with Crippen LogP contribution in [0.4, 0.5) is 0 Å². The number of aliphatic hydroxyl groups excluding tert-OH is 1. The molecule has 5 heterocycles. The monoisotopic (exact) mass is 1040 g/mol. The molecule has 410 valence electrons. The van der Waals surface area contributed by atoms with Crippen LogP contribution in [0.5, 0.6) is 0 Å². The molecule has 0 bridgehead atoms. The summed E-state index contributed by atoms with van der Waals surface area (Å²) in [6.45, 7) is 10.9. The molecule has 5 amide bonds. The number of nitrogens with two attached hydrogens (primary N) is 2. The fraction of sp³-hybridized carbons (Fsp3) is 0.596. The summed E-state index contributed by atoms with van der Waals surface area (Å²) in [6.07, 6.45) is 0.250. The summed E-state index contributed by atoms with van der Waals surface area (Å²) in [7, 11) is 5.65. The number of likely N-dealkylation sites (N-methyl/N-ethyl adjacent to an activating group) is 3. The van der Waals surface area contributed by atoms with Crippen molar-refractivity contribution < 1.29 is 48.1 Å². The van der Waals surface area contributed by atoms with Crippen molar-refractivity contribution in [1.82, 2.24) is 50.5 Å². The highest BCUT2D eigenvalue weighted by molar-refractivity contribution is 5.93. The average Bonchev–Trinajstić information content (AvgIpc) is 4.03. The van der Waals surface area contributed by atoms with Crippen molar-refractivity contribution in [2.24, 2.45) is 17.5 Å². The second-order valence-corrected chi connectivity index (χ2v) is 20.3. The lowest BCUT2D eigenvalue weighted by molar-refractivity contribution is -0.192. The number of rotatable bonds is 27. The number of carbonyl (C=O) groups is 7. The molecule has 1 aromatic carbocycles. The number of esters is 2. The van der Waals surface area contributed by atoms with Crippen LogP contribution >= 0.6 is 0 Å². The number of aliphatic hydroxyl groups is 1. The number of ether oxygens (including phenoxy) is 2. The number of carbonyl (C=O) groups excluding carboxylic acids is 7. The summed E-state index contributed by atoms with van der Waals surface area (Å²) in [5, 5.41) is 21.3. The van der Waals surface area contributed by atoms with Crippen LogP contribution in [-0.2, 0) is 68.2 Å². The predicted molar refractivity (Wildman–Crippen MR) is 278 cm³/mol. The van der Waals surface area contributed by atoms with Gasteiger partial charge in [-0.15, -0.1) is 0 Å². The Kier molecular flexibility index (Phi) is 20.0. The van der Waals surface area contributed by atoms with Crippen molar-refractivity contribution >= 4 is 52.4 Å². The van der Waals surface area contributed by atoms with E-state index in [1.807, 2.05) is 43.8 Å². The number of nitrogens with one attached hydrogen (secondary N) is 4. The first-order valence-corrected chi connectivity index (χ1v) is 25.9. The maximum Gasteiger partial charge on any atom is 0.355 e. The Morgan fingerprint density at radius 1 is 0.947 bits per heavy atom. The highest BCUT2D eigenvalue weighted by atomic mass is 16.6. The molecule has 0 aliphatic carbocycles. The minimum atomic E-state index is -2.01. The number of cyclic esters (lactones) is 1. The second-order valence-electron chi connectivity index (χ2n) is 20.3. The van der Waals surface area contributed by atoms with Crippen LogP contribution in [0.1, 0.15) is 94.9 Å². The summed E-state index contributed by atoms with van der Waals surface area (Å²) < 4.78 is 13.4. The number of hydrogen-bond acceptors (Lipinski definition) is 17. The van der Waals surface area contributed by atoms with E-state index in [4.69, 9.17) is 26.0 Å². The Hall–Kier alpha value is -6.37. The zero-order valence-electron chi connectivity index (χ0n) is 44.4. The van der Waals surface area contributed by atoms with Gasteiger partial charge in [-0.2, -0.15) is 0 Å². The number of fused-ring (bicyclic) bond motifs is 5. The number of aromatic nitrogens is 2. The molecule has 0 radical (unpaired) electrons. The van der Waals surface area contributed by atoms with Crippen LogP contribution in [-0.4, -0.2) is 174 Å². The lowest BCUT2D eigenvalue weighted by Crippen LogP contribution is -2.59. The smallest absolute Gasteiger partial charge is 0.355 e. The molecule has 23 heteroatoms. The van der Waals surface area contributed by atoms with E-state index in [1.165, 1.54) is 4.90 Å². The number of hydrazine groups is 1. The summed E-state index contributed by atoms with van der Waals surface area (Å²) in [4.78, 5) is 118. The first-order valence-electron chi connectivity index (χ1n) is 25.9. The van der Waals surface area contributed by atoms with Crippen LogP contribution in [0.3, 0.4) is 0 Å². The number of amides is 5. The SMILES string of the molecule is CCc1c2c(nc3ccccc13)-c1cc3c(c(=O)n1C2)COC(=O)[C@@]3(CC)OC(=O)[C@@H](NC(O)[C@@H]1CCCN1C(=O)[C@H](CC(N)=O)NC(=O)CN(C)CCN(C)CCN(C)CCNC(=O)CCCC(=O)NN)C(C)C.